The molecule has 9 heteroatoms. The molecule has 0 bridgehead atoms. The van der Waals surface area contributed by atoms with Crippen molar-refractivity contribution in [3.63, 3.8) is 0 Å². The average molecular weight is 649 g/mol. The summed E-state index contributed by atoms with van der Waals surface area (Å²) in [6.07, 6.45) is 8.84. The molecular weight excluding hydrogens is 606 g/mol. The van der Waals surface area contributed by atoms with Crippen molar-refractivity contribution < 1.29 is 20.1 Å². The van der Waals surface area contributed by atoms with Crippen molar-refractivity contribution in [2.24, 2.45) is 56.6 Å². The number of halogens is 2. The first-order valence-corrected chi connectivity index (χ1v) is 16.6. The molecule has 7 nitrogen and oxygen atoms in total. The van der Waals surface area contributed by atoms with E-state index in [1.807, 2.05) is 0 Å². The van der Waals surface area contributed by atoms with E-state index >= 15 is 0 Å². The van der Waals surface area contributed by atoms with Gasteiger partial charge in [-0.1, -0.05) is 32.4 Å². The Morgan fingerprint density at radius 1 is 1.12 bits per heavy atom. The number of nitrogens with one attached hydrogen (secondary N) is 1. The molecule has 0 saturated heterocycles. The van der Waals surface area contributed by atoms with Gasteiger partial charge in [0.25, 0.3) is 5.91 Å². The summed E-state index contributed by atoms with van der Waals surface area (Å²) in [4.78, 5) is 15.6. The summed E-state index contributed by atoms with van der Waals surface area (Å²) >= 11 is 9.60. The van der Waals surface area contributed by atoms with Crippen LogP contribution in [0.15, 0.2) is 26.8 Å². The van der Waals surface area contributed by atoms with Gasteiger partial charge in [0.2, 0.25) is 5.88 Å². The van der Waals surface area contributed by atoms with Crippen molar-refractivity contribution in [2.75, 3.05) is 0 Å². The van der Waals surface area contributed by atoms with E-state index in [1.54, 1.807) is 12.1 Å². The summed E-state index contributed by atoms with van der Waals surface area (Å²) in [6, 6.07) is 3.41. The van der Waals surface area contributed by atoms with E-state index in [4.69, 9.17) is 11.6 Å². The number of aromatic hydroxyl groups is 1. The average Bonchev–Trinajstić information content (AvgIpc) is 3.43. The first-order valence-electron chi connectivity index (χ1n) is 15.4. The molecule has 4 aliphatic rings. The van der Waals surface area contributed by atoms with Gasteiger partial charge in [-0.25, -0.2) is 0 Å². The Kier molecular flexibility index (Phi) is 7.87. The monoisotopic (exact) mass is 647 g/mol. The van der Waals surface area contributed by atoms with Gasteiger partial charge in [-0.2, -0.15) is 0 Å². The molecule has 6 rings (SSSR count). The maximum Gasteiger partial charge on any atom is 0.264 e. The lowest BCUT2D eigenvalue weighted by Gasteiger charge is -2.62. The van der Waals surface area contributed by atoms with Crippen molar-refractivity contribution in [1.29, 1.82) is 0 Å². The molecule has 41 heavy (non-hydrogen) atoms. The van der Waals surface area contributed by atoms with Gasteiger partial charge in [0, 0.05) is 21.3 Å². The van der Waals surface area contributed by atoms with Gasteiger partial charge < -0.3 is 20.3 Å². The number of azo groups is 1. The number of fused-ring (bicyclic) bond motifs is 6. The molecule has 1 heterocycles. The second kappa shape index (κ2) is 10.9. The summed E-state index contributed by atoms with van der Waals surface area (Å²) in [5.74, 6) is 2.25. The molecule has 0 radical (unpaired) electrons. The van der Waals surface area contributed by atoms with Gasteiger partial charge in [0.15, 0.2) is 5.69 Å². The number of H-pyrrole nitrogens is 1. The summed E-state index contributed by atoms with van der Waals surface area (Å²) in [5.41, 5.74) is 1.26. The molecule has 4 N–H and O–H groups in total. The second-order valence-electron chi connectivity index (χ2n) is 14.2. The summed E-state index contributed by atoms with van der Waals surface area (Å²) < 4.78 is 0.696. The van der Waals surface area contributed by atoms with Gasteiger partial charge in [-0.05, 0) is 132 Å². The Morgan fingerprint density at radius 3 is 2.63 bits per heavy atom. The molecule has 0 aliphatic heterocycles. The van der Waals surface area contributed by atoms with Crippen LogP contribution in [-0.4, -0.2) is 38.4 Å². The van der Waals surface area contributed by atoms with Crippen LogP contribution < -0.4 is 0 Å². The maximum atomic E-state index is 12.8. The quantitative estimate of drug-likeness (QED) is 0.244. The van der Waals surface area contributed by atoms with E-state index in [9.17, 15) is 20.1 Å². The molecule has 10 atom stereocenters. The van der Waals surface area contributed by atoms with Crippen molar-refractivity contribution in [3.8, 4) is 5.88 Å². The van der Waals surface area contributed by atoms with Crippen molar-refractivity contribution in [3.05, 3.63) is 21.6 Å². The minimum absolute atomic E-state index is 0.150. The largest absolute Gasteiger partial charge is 0.493 e. The normalized spacial score (nSPS) is 39.4. The molecule has 2 aromatic rings. The van der Waals surface area contributed by atoms with Crippen molar-refractivity contribution >= 4 is 50.0 Å². The van der Waals surface area contributed by atoms with Gasteiger partial charge in [-0.15, -0.1) is 10.2 Å². The van der Waals surface area contributed by atoms with Gasteiger partial charge >= 0.3 is 0 Å². The second-order valence-corrected chi connectivity index (χ2v) is 15.5. The highest BCUT2D eigenvalue weighted by atomic mass is 79.9. The number of nitrogens with zero attached hydrogens (tertiary/aromatic N) is 2. The Labute approximate surface area is 255 Å². The van der Waals surface area contributed by atoms with E-state index in [2.05, 4.69) is 51.9 Å². The SMILES string of the molecule is CC(CCC(=O)N=Nc1c(O)[nH]c2c(Br)cc(Cl)cc12)C1CCC2C3C(CCC12C)C1(C)CCC(O)CC1C[C@@H]3O. The number of carbonyl (C=O) groups is 1. The number of rotatable bonds is 5. The molecule has 4 fully saturated rings. The minimum Gasteiger partial charge on any atom is -0.493 e. The fourth-order valence-corrected chi connectivity index (χ4v) is 11.1. The number of carbonyl (C=O) groups excluding carboxylic acids is 1. The maximum absolute atomic E-state index is 12.8. The Morgan fingerprint density at radius 2 is 1.85 bits per heavy atom. The molecule has 1 aromatic heterocycles. The third-order valence-electron chi connectivity index (χ3n) is 12.3. The Hall–Kier alpha value is -1.48. The highest BCUT2D eigenvalue weighted by Gasteiger charge is 2.62. The van der Waals surface area contributed by atoms with E-state index < -0.39 is 0 Å². The molecule has 1 aromatic carbocycles. The highest BCUT2D eigenvalue weighted by Crippen LogP contribution is 2.68. The van der Waals surface area contributed by atoms with Crippen molar-refractivity contribution in [2.45, 2.75) is 97.2 Å². The van der Waals surface area contributed by atoms with Crippen LogP contribution in [0.3, 0.4) is 0 Å². The zero-order valence-electron chi connectivity index (χ0n) is 24.2. The number of hydrogen-bond donors (Lipinski definition) is 4. The third kappa shape index (κ3) is 4.98. The van der Waals surface area contributed by atoms with E-state index in [0.29, 0.717) is 62.3 Å². The van der Waals surface area contributed by atoms with Crippen molar-refractivity contribution in [1.82, 2.24) is 4.98 Å². The van der Waals surface area contributed by atoms with Crippen LogP contribution in [0.2, 0.25) is 5.02 Å². The number of aromatic amines is 1. The van der Waals surface area contributed by atoms with Crippen LogP contribution in [-0.2, 0) is 4.79 Å². The number of hydrogen-bond acceptors (Lipinski definition) is 5. The first-order chi connectivity index (χ1) is 19.4. The van der Waals surface area contributed by atoms with E-state index in [1.165, 1.54) is 6.42 Å². The van der Waals surface area contributed by atoms with Crippen LogP contribution in [0.1, 0.15) is 85.0 Å². The molecule has 9 unspecified atom stereocenters. The standard InChI is InChI=1S/C32H43BrClN3O4/c1-16(4-7-26(40)36-37-29-20-14-18(34)15-24(33)28(20)35-30(29)41)21-5-6-22-27-23(9-11-32(21,22)3)31(2)10-8-19(38)12-17(31)13-25(27)39/h14-17,19,21-23,25,27,35,38-39,41H,4-13H2,1-3H3/t16?,17?,19?,21?,22?,23?,25-,27?,31?,32?/m0/s1. The number of aromatic nitrogens is 1. The smallest absolute Gasteiger partial charge is 0.264 e. The molecular formula is C32H43BrClN3O4. The molecule has 224 valence electrons. The first kappa shape index (κ1) is 29.6. The lowest BCUT2D eigenvalue weighted by Crippen LogP contribution is -2.58. The predicted octanol–water partition coefficient (Wildman–Crippen LogP) is 8.31. The number of amides is 1. The van der Waals surface area contributed by atoms with E-state index in [0.717, 1.165) is 51.4 Å². The fraction of sp³-hybridized carbons (Fsp3) is 0.719. The Balaban J connectivity index is 1.11. The lowest BCUT2D eigenvalue weighted by molar-refractivity contribution is -0.174. The van der Waals surface area contributed by atoms with Crippen LogP contribution in [0, 0.1) is 46.3 Å². The molecule has 4 saturated carbocycles. The molecule has 1 amide bonds. The number of aliphatic hydroxyl groups is 2. The summed E-state index contributed by atoms with van der Waals surface area (Å²) in [5, 5.41) is 41.3. The number of aliphatic hydroxyl groups excluding tert-OH is 2. The van der Waals surface area contributed by atoms with Crippen LogP contribution in [0.5, 0.6) is 5.88 Å². The van der Waals surface area contributed by atoms with Crippen LogP contribution in [0.25, 0.3) is 10.9 Å². The summed E-state index contributed by atoms with van der Waals surface area (Å²) in [7, 11) is 0. The van der Waals surface area contributed by atoms with E-state index in [-0.39, 0.29) is 40.5 Å². The highest BCUT2D eigenvalue weighted by molar-refractivity contribution is 9.10. The lowest BCUT2D eigenvalue weighted by atomic mass is 9.43. The van der Waals surface area contributed by atoms with Crippen LogP contribution in [0.4, 0.5) is 5.69 Å². The molecule has 0 spiro atoms. The van der Waals surface area contributed by atoms with Gasteiger partial charge in [0.1, 0.15) is 0 Å². The van der Waals surface area contributed by atoms with Crippen LogP contribution >= 0.6 is 27.5 Å². The van der Waals surface area contributed by atoms with Gasteiger partial charge in [0.05, 0.1) is 17.7 Å². The van der Waals surface area contributed by atoms with Gasteiger partial charge in [-0.3, -0.25) is 4.79 Å². The molecule has 4 aliphatic carbocycles. The number of benzene rings is 1. The fourth-order valence-electron chi connectivity index (χ4n) is 10.2. The summed E-state index contributed by atoms with van der Waals surface area (Å²) in [6.45, 7) is 7.18. The zero-order valence-corrected chi connectivity index (χ0v) is 26.6. The Bertz CT molecular complexity index is 1360. The topological polar surface area (TPSA) is 118 Å². The minimum atomic E-state index is -0.295. The third-order valence-corrected chi connectivity index (χ3v) is 13.1. The predicted molar refractivity (Wildman–Crippen MR) is 163 cm³/mol. The zero-order chi connectivity index (χ0) is 29.3.